The minimum Gasteiger partial charge on any atom is -0.330 e. The Morgan fingerprint density at radius 1 is 1.16 bits per heavy atom. The molecule has 4 rings (SSSR count). The van der Waals surface area contributed by atoms with E-state index in [2.05, 4.69) is 15.1 Å². The molecule has 2 amide bonds. The van der Waals surface area contributed by atoms with Crippen molar-refractivity contribution >= 4 is 45.7 Å². The molecule has 0 radical (unpaired) electrons. The van der Waals surface area contributed by atoms with Crippen molar-refractivity contribution in [1.29, 1.82) is 0 Å². The summed E-state index contributed by atoms with van der Waals surface area (Å²) in [7, 11) is 0. The second kappa shape index (κ2) is 9.32. The first-order valence-corrected chi connectivity index (χ1v) is 10.8. The van der Waals surface area contributed by atoms with Crippen LogP contribution < -0.4 is 10.6 Å². The summed E-state index contributed by atoms with van der Waals surface area (Å²) in [5, 5.41) is 6.54. The Labute approximate surface area is 189 Å². The molecule has 3 aromatic rings. The molecule has 164 valence electrons. The van der Waals surface area contributed by atoms with Gasteiger partial charge in [0.15, 0.2) is 0 Å². The SMILES string of the molecule is CCCN(Cc1nc2cc(Cl)ccc2c(=O)[nH]1)C(=O)C1=NN(c2ccccc2)C(=O)CC1. The Hall–Kier alpha value is -3.52. The maximum absolute atomic E-state index is 13.3. The number of anilines is 1. The van der Waals surface area contributed by atoms with E-state index in [1.807, 2.05) is 25.1 Å². The van der Waals surface area contributed by atoms with E-state index >= 15 is 0 Å². The number of hydrazone groups is 1. The lowest BCUT2D eigenvalue weighted by Gasteiger charge is -2.27. The average Bonchev–Trinajstić information content (AvgIpc) is 2.79. The van der Waals surface area contributed by atoms with Crippen LogP contribution in [0.3, 0.4) is 0 Å². The zero-order valence-electron chi connectivity index (χ0n) is 17.5. The number of fused-ring (bicyclic) bond motifs is 1. The van der Waals surface area contributed by atoms with Crippen LogP contribution in [0.25, 0.3) is 10.9 Å². The van der Waals surface area contributed by atoms with Gasteiger partial charge in [-0.1, -0.05) is 36.7 Å². The van der Waals surface area contributed by atoms with Crippen molar-refractivity contribution in [3.8, 4) is 0 Å². The van der Waals surface area contributed by atoms with Crippen LogP contribution in [-0.4, -0.2) is 38.9 Å². The summed E-state index contributed by atoms with van der Waals surface area (Å²) in [6.07, 6.45) is 1.17. The number of halogens is 1. The van der Waals surface area contributed by atoms with Gasteiger partial charge in [-0.25, -0.2) is 9.99 Å². The molecule has 1 aromatic heterocycles. The number of aromatic nitrogens is 2. The maximum Gasteiger partial charge on any atom is 0.270 e. The predicted molar refractivity (Wildman–Crippen MR) is 124 cm³/mol. The third kappa shape index (κ3) is 4.55. The number of rotatable bonds is 6. The smallest absolute Gasteiger partial charge is 0.270 e. The van der Waals surface area contributed by atoms with Crippen molar-refractivity contribution in [3.05, 3.63) is 69.7 Å². The van der Waals surface area contributed by atoms with Crippen molar-refractivity contribution in [2.75, 3.05) is 11.6 Å². The number of amides is 2. The lowest BCUT2D eigenvalue weighted by molar-refractivity contribution is -0.125. The minimum absolute atomic E-state index is 0.114. The Morgan fingerprint density at radius 2 is 1.94 bits per heavy atom. The molecule has 0 unspecified atom stereocenters. The van der Waals surface area contributed by atoms with Gasteiger partial charge in [-0.15, -0.1) is 0 Å². The third-order valence-corrected chi connectivity index (χ3v) is 5.35. The lowest BCUT2D eigenvalue weighted by Crippen LogP contribution is -2.42. The third-order valence-electron chi connectivity index (χ3n) is 5.12. The predicted octanol–water partition coefficient (Wildman–Crippen LogP) is 3.50. The van der Waals surface area contributed by atoms with E-state index in [9.17, 15) is 14.4 Å². The number of benzene rings is 2. The number of carbonyl (C=O) groups excluding carboxylic acids is 2. The molecule has 1 aliphatic rings. The van der Waals surface area contributed by atoms with E-state index in [1.54, 1.807) is 35.2 Å². The Kier molecular flexibility index (Phi) is 6.32. The summed E-state index contributed by atoms with van der Waals surface area (Å²) in [6, 6.07) is 13.9. The second-order valence-corrected chi connectivity index (χ2v) is 7.93. The number of carbonyl (C=O) groups is 2. The first-order valence-electron chi connectivity index (χ1n) is 10.4. The highest BCUT2D eigenvalue weighted by atomic mass is 35.5. The Morgan fingerprint density at radius 3 is 2.69 bits per heavy atom. The summed E-state index contributed by atoms with van der Waals surface area (Å²) >= 11 is 6.04. The van der Waals surface area contributed by atoms with Crippen LogP contribution in [0.5, 0.6) is 0 Å². The Balaban J connectivity index is 1.62. The number of nitrogens with one attached hydrogen (secondary N) is 1. The van der Waals surface area contributed by atoms with Crippen LogP contribution >= 0.6 is 11.6 Å². The first kappa shape index (κ1) is 21.7. The van der Waals surface area contributed by atoms with Crippen LogP contribution in [0.15, 0.2) is 58.4 Å². The molecule has 0 bridgehead atoms. The minimum atomic E-state index is -0.290. The Bertz CT molecular complexity index is 1260. The van der Waals surface area contributed by atoms with E-state index in [0.717, 1.165) is 0 Å². The zero-order chi connectivity index (χ0) is 22.7. The van der Waals surface area contributed by atoms with E-state index in [0.29, 0.717) is 46.1 Å². The molecule has 0 aliphatic carbocycles. The van der Waals surface area contributed by atoms with Gasteiger partial charge in [0.1, 0.15) is 11.5 Å². The fraction of sp³-hybridized carbons (Fsp3) is 0.261. The van der Waals surface area contributed by atoms with E-state index in [1.165, 1.54) is 5.01 Å². The molecule has 9 heteroatoms. The molecular formula is C23H22ClN5O3. The lowest BCUT2D eigenvalue weighted by atomic mass is 10.1. The standard InChI is InChI=1S/C23H22ClN5O3/c1-2-12-28(14-20-25-19-13-15(24)8-9-17(19)22(31)26-20)23(32)18-10-11-21(30)29(27-18)16-6-4-3-5-7-16/h3-9,13H,2,10-12,14H2,1H3,(H,25,26,31). The van der Waals surface area contributed by atoms with E-state index in [4.69, 9.17) is 11.6 Å². The average molecular weight is 452 g/mol. The molecule has 0 spiro atoms. The fourth-order valence-electron chi connectivity index (χ4n) is 3.60. The number of hydrogen-bond acceptors (Lipinski definition) is 5. The van der Waals surface area contributed by atoms with Gasteiger partial charge < -0.3 is 9.88 Å². The summed E-state index contributed by atoms with van der Waals surface area (Å²) in [5.41, 5.74) is 1.09. The molecule has 0 saturated carbocycles. The summed E-state index contributed by atoms with van der Waals surface area (Å²) < 4.78 is 0. The van der Waals surface area contributed by atoms with Crippen LogP contribution in [0, 0.1) is 0 Å². The zero-order valence-corrected chi connectivity index (χ0v) is 18.3. The topological polar surface area (TPSA) is 98.7 Å². The van der Waals surface area contributed by atoms with Gasteiger partial charge in [0.05, 0.1) is 23.1 Å². The molecule has 8 nitrogen and oxygen atoms in total. The van der Waals surface area contributed by atoms with Crippen LogP contribution in [-0.2, 0) is 16.1 Å². The van der Waals surface area contributed by atoms with Gasteiger partial charge in [0.25, 0.3) is 11.5 Å². The second-order valence-electron chi connectivity index (χ2n) is 7.49. The van der Waals surface area contributed by atoms with Crippen LogP contribution in [0.4, 0.5) is 5.69 Å². The van der Waals surface area contributed by atoms with Crippen molar-refractivity contribution in [3.63, 3.8) is 0 Å². The molecule has 2 heterocycles. The summed E-state index contributed by atoms with van der Waals surface area (Å²) in [6.45, 7) is 2.52. The molecule has 0 saturated heterocycles. The van der Waals surface area contributed by atoms with Crippen molar-refractivity contribution < 1.29 is 9.59 Å². The molecule has 2 aromatic carbocycles. The highest BCUT2D eigenvalue weighted by Crippen LogP contribution is 2.21. The molecule has 0 fully saturated rings. The van der Waals surface area contributed by atoms with Gasteiger partial charge in [0.2, 0.25) is 5.91 Å². The van der Waals surface area contributed by atoms with Crippen LogP contribution in [0.2, 0.25) is 5.02 Å². The van der Waals surface area contributed by atoms with Gasteiger partial charge in [-0.3, -0.25) is 14.4 Å². The monoisotopic (exact) mass is 451 g/mol. The quantitative estimate of drug-likeness (QED) is 0.620. The molecule has 1 N–H and O–H groups in total. The summed E-state index contributed by atoms with van der Waals surface area (Å²) in [4.78, 5) is 46.9. The highest BCUT2D eigenvalue weighted by molar-refractivity contribution is 6.40. The number of nitrogens with zero attached hydrogens (tertiary/aromatic N) is 4. The van der Waals surface area contributed by atoms with Crippen molar-refractivity contribution in [1.82, 2.24) is 14.9 Å². The largest absolute Gasteiger partial charge is 0.330 e. The number of para-hydroxylation sites is 1. The van der Waals surface area contributed by atoms with Gasteiger partial charge in [0, 0.05) is 24.4 Å². The maximum atomic E-state index is 13.3. The fourth-order valence-corrected chi connectivity index (χ4v) is 3.77. The van der Waals surface area contributed by atoms with Gasteiger partial charge in [-0.2, -0.15) is 5.10 Å². The first-order chi connectivity index (χ1) is 15.5. The molecular weight excluding hydrogens is 430 g/mol. The number of hydrogen-bond donors (Lipinski definition) is 1. The number of aromatic amines is 1. The summed E-state index contributed by atoms with van der Waals surface area (Å²) in [5.74, 6) is -0.0831. The van der Waals surface area contributed by atoms with Crippen molar-refractivity contribution in [2.24, 2.45) is 5.10 Å². The molecule has 0 atom stereocenters. The van der Waals surface area contributed by atoms with E-state index in [-0.39, 0.29) is 36.8 Å². The van der Waals surface area contributed by atoms with E-state index < -0.39 is 0 Å². The van der Waals surface area contributed by atoms with Crippen LogP contribution in [0.1, 0.15) is 32.0 Å². The molecule has 1 aliphatic heterocycles. The number of H-pyrrole nitrogens is 1. The van der Waals surface area contributed by atoms with Gasteiger partial charge >= 0.3 is 0 Å². The van der Waals surface area contributed by atoms with Crippen molar-refractivity contribution in [2.45, 2.75) is 32.7 Å². The highest BCUT2D eigenvalue weighted by Gasteiger charge is 2.28. The van der Waals surface area contributed by atoms with Gasteiger partial charge in [-0.05, 0) is 36.8 Å². The molecule has 32 heavy (non-hydrogen) atoms. The normalized spacial score (nSPS) is 13.9.